The Morgan fingerprint density at radius 3 is 2.40 bits per heavy atom. The molecule has 2 rings (SSSR count). The molecule has 0 atom stereocenters. The Bertz CT molecular complexity index is 532. The van der Waals surface area contributed by atoms with Crippen LogP contribution in [-0.2, 0) is 6.54 Å². The number of hydrogen-bond acceptors (Lipinski definition) is 4. The summed E-state index contributed by atoms with van der Waals surface area (Å²) in [4.78, 5) is 4.03. The Labute approximate surface area is 127 Å². The van der Waals surface area contributed by atoms with Crippen LogP contribution in [0, 0.1) is 0 Å². The number of nitrogens with one attached hydrogen (secondary N) is 1. The fourth-order valence-electron chi connectivity index (χ4n) is 1.70. The molecule has 0 aliphatic heterocycles. The normalized spacial score (nSPS) is 10.3. The van der Waals surface area contributed by atoms with Crippen LogP contribution in [0.3, 0.4) is 0 Å². The number of aromatic nitrogens is 1. The highest BCUT2D eigenvalue weighted by Gasteiger charge is 1.98. The molecule has 4 nitrogen and oxygen atoms in total. The van der Waals surface area contributed by atoms with E-state index >= 15 is 0 Å². The van der Waals surface area contributed by atoms with Gasteiger partial charge in [-0.2, -0.15) is 0 Å². The minimum Gasteiger partial charge on any atom is -0.490 e. The van der Waals surface area contributed by atoms with Gasteiger partial charge < -0.3 is 14.8 Å². The van der Waals surface area contributed by atoms with E-state index in [9.17, 15) is 0 Å². The van der Waals surface area contributed by atoms with Gasteiger partial charge in [-0.1, -0.05) is 12.1 Å². The molecule has 2 aromatic rings. The number of ether oxygens (including phenoxy) is 2. The van der Waals surface area contributed by atoms with Gasteiger partial charge in [0.05, 0.1) is 6.20 Å². The zero-order valence-electron chi connectivity index (χ0n) is 11.3. The summed E-state index contributed by atoms with van der Waals surface area (Å²) >= 11 is 3.35. The maximum Gasteiger partial charge on any atom is 0.138 e. The smallest absolute Gasteiger partial charge is 0.138 e. The summed E-state index contributed by atoms with van der Waals surface area (Å²) in [6.07, 6.45) is 3.40. The quantitative estimate of drug-likeness (QED) is 0.789. The van der Waals surface area contributed by atoms with Crippen LogP contribution in [-0.4, -0.2) is 25.2 Å². The van der Waals surface area contributed by atoms with Gasteiger partial charge in [0.25, 0.3) is 0 Å². The third-order valence-corrected chi connectivity index (χ3v) is 3.04. The van der Waals surface area contributed by atoms with E-state index in [1.165, 1.54) is 5.56 Å². The molecule has 0 spiro atoms. The van der Waals surface area contributed by atoms with E-state index in [-0.39, 0.29) is 0 Å². The van der Waals surface area contributed by atoms with Gasteiger partial charge >= 0.3 is 0 Å². The van der Waals surface area contributed by atoms with Gasteiger partial charge in [-0.25, -0.2) is 0 Å². The highest BCUT2D eigenvalue weighted by Crippen LogP contribution is 2.16. The summed E-state index contributed by atoms with van der Waals surface area (Å²) in [5.74, 6) is 1.58. The first-order valence-electron chi connectivity index (χ1n) is 6.37. The number of hydrogen-bond donors (Lipinski definition) is 1. The summed E-state index contributed by atoms with van der Waals surface area (Å²) in [7, 11) is 1.93. The lowest BCUT2D eigenvalue weighted by Gasteiger charge is -2.09. The van der Waals surface area contributed by atoms with Crippen molar-refractivity contribution in [3.8, 4) is 11.5 Å². The van der Waals surface area contributed by atoms with Crippen LogP contribution in [0.5, 0.6) is 11.5 Å². The van der Waals surface area contributed by atoms with Gasteiger partial charge in [0.15, 0.2) is 0 Å². The topological polar surface area (TPSA) is 43.4 Å². The van der Waals surface area contributed by atoms with Crippen molar-refractivity contribution in [2.75, 3.05) is 20.3 Å². The highest BCUT2D eigenvalue weighted by molar-refractivity contribution is 9.10. The second kappa shape index (κ2) is 7.87. The molecular formula is C15H17BrN2O2. The Kier molecular flexibility index (Phi) is 5.83. The number of nitrogens with zero attached hydrogens (tertiary/aromatic N) is 1. The number of pyridine rings is 1. The first-order chi connectivity index (χ1) is 9.78. The molecule has 0 unspecified atom stereocenters. The molecule has 1 aromatic heterocycles. The Morgan fingerprint density at radius 1 is 1.05 bits per heavy atom. The van der Waals surface area contributed by atoms with Crippen LogP contribution in [0.4, 0.5) is 0 Å². The molecule has 0 radical (unpaired) electrons. The molecule has 0 aliphatic carbocycles. The van der Waals surface area contributed by atoms with Gasteiger partial charge in [-0.3, -0.25) is 4.98 Å². The minimum absolute atomic E-state index is 0.483. The Morgan fingerprint density at radius 2 is 1.75 bits per heavy atom. The van der Waals surface area contributed by atoms with Crippen LogP contribution in [0.2, 0.25) is 0 Å². The van der Waals surface area contributed by atoms with E-state index in [0.29, 0.717) is 13.2 Å². The molecule has 0 bridgehead atoms. The number of rotatable bonds is 7. The van der Waals surface area contributed by atoms with Gasteiger partial charge in [0.2, 0.25) is 0 Å². The second-order valence-corrected chi connectivity index (χ2v) is 5.13. The molecular weight excluding hydrogens is 320 g/mol. The van der Waals surface area contributed by atoms with Crippen LogP contribution in [0.15, 0.2) is 47.2 Å². The van der Waals surface area contributed by atoms with E-state index in [1.54, 1.807) is 12.4 Å². The monoisotopic (exact) mass is 336 g/mol. The average Bonchev–Trinajstić information content (AvgIpc) is 2.46. The predicted molar refractivity (Wildman–Crippen MR) is 82.1 cm³/mol. The van der Waals surface area contributed by atoms with Crippen molar-refractivity contribution in [3.05, 3.63) is 52.8 Å². The molecule has 0 saturated heterocycles. The van der Waals surface area contributed by atoms with Crippen LogP contribution < -0.4 is 14.8 Å². The van der Waals surface area contributed by atoms with Crippen molar-refractivity contribution in [1.82, 2.24) is 10.3 Å². The molecule has 0 aliphatic rings. The van der Waals surface area contributed by atoms with Gasteiger partial charge in [0.1, 0.15) is 24.7 Å². The van der Waals surface area contributed by atoms with Crippen molar-refractivity contribution < 1.29 is 9.47 Å². The zero-order chi connectivity index (χ0) is 14.2. The van der Waals surface area contributed by atoms with E-state index in [1.807, 2.05) is 37.4 Å². The van der Waals surface area contributed by atoms with Crippen LogP contribution >= 0.6 is 15.9 Å². The standard InChI is InChI=1S/C15H17BrN2O2/c1-17-9-12-2-4-14(5-3-12)19-6-7-20-15-8-13(16)10-18-11-15/h2-5,8,10-11,17H,6-7,9H2,1H3. The highest BCUT2D eigenvalue weighted by atomic mass is 79.9. The third kappa shape index (κ3) is 4.83. The summed E-state index contributed by atoms with van der Waals surface area (Å²) in [6.45, 7) is 1.84. The molecule has 1 N–H and O–H groups in total. The third-order valence-electron chi connectivity index (χ3n) is 2.60. The van der Waals surface area contributed by atoms with Crippen molar-refractivity contribution in [3.63, 3.8) is 0 Å². The first kappa shape index (κ1) is 14.8. The van der Waals surface area contributed by atoms with E-state index in [0.717, 1.165) is 22.5 Å². The molecule has 0 fully saturated rings. The fourth-order valence-corrected chi connectivity index (χ4v) is 2.04. The second-order valence-electron chi connectivity index (χ2n) is 4.21. The molecule has 0 saturated carbocycles. The summed E-state index contributed by atoms with van der Waals surface area (Å²) in [5, 5.41) is 3.11. The van der Waals surface area contributed by atoms with Crippen molar-refractivity contribution in [2.24, 2.45) is 0 Å². The summed E-state index contributed by atoms with van der Waals surface area (Å²) < 4.78 is 12.1. The van der Waals surface area contributed by atoms with E-state index in [2.05, 4.69) is 26.2 Å². The first-order valence-corrected chi connectivity index (χ1v) is 7.17. The molecule has 5 heteroatoms. The van der Waals surface area contributed by atoms with Gasteiger partial charge in [-0.15, -0.1) is 0 Å². The van der Waals surface area contributed by atoms with Gasteiger partial charge in [0, 0.05) is 17.2 Å². The van der Waals surface area contributed by atoms with Crippen LogP contribution in [0.1, 0.15) is 5.56 Å². The molecule has 1 heterocycles. The van der Waals surface area contributed by atoms with Crippen LogP contribution in [0.25, 0.3) is 0 Å². The number of halogens is 1. The lowest BCUT2D eigenvalue weighted by molar-refractivity contribution is 0.216. The van der Waals surface area contributed by atoms with E-state index in [4.69, 9.17) is 9.47 Å². The van der Waals surface area contributed by atoms with Crippen molar-refractivity contribution >= 4 is 15.9 Å². The molecule has 1 aromatic carbocycles. The summed E-state index contributed by atoms with van der Waals surface area (Å²) in [6, 6.07) is 9.90. The molecule has 0 amide bonds. The lowest BCUT2D eigenvalue weighted by atomic mass is 10.2. The van der Waals surface area contributed by atoms with Crippen molar-refractivity contribution in [1.29, 1.82) is 0 Å². The number of benzene rings is 1. The fraction of sp³-hybridized carbons (Fsp3) is 0.267. The van der Waals surface area contributed by atoms with E-state index < -0.39 is 0 Å². The molecule has 106 valence electrons. The maximum atomic E-state index is 5.61. The molecule has 20 heavy (non-hydrogen) atoms. The maximum absolute atomic E-state index is 5.61. The van der Waals surface area contributed by atoms with Crippen molar-refractivity contribution in [2.45, 2.75) is 6.54 Å². The summed E-state index contributed by atoms with van der Waals surface area (Å²) in [5.41, 5.74) is 1.23. The minimum atomic E-state index is 0.483. The predicted octanol–water partition coefficient (Wildman–Crippen LogP) is 3.02. The SMILES string of the molecule is CNCc1ccc(OCCOc2cncc(Br)c2)cc1. The van der Waals surface area contributed by atoms with Gasteiger partial charge in [-0.05, 0) is 46.7 Å². The largest absolute Gasteiger partial charge is 0.490 e. The zero-order valence-corrected chi connectivity index (χ0v) is 12.9. The lowest BCUT2D eigenvalue weighted by Crippen LogP contribution is -2.09. The average molecular weight is 337 g/mol. The Balaban J connectivity index is 1.73. The Hall–Kier alpha value is -1.59.